The fourth-order valence-corrected chi connectivity index (χ4v) is 12.1. The van der Waals surface area contributed by atoms with E-state index in [1.807, 2.05) is 0 Å². The Bertz CT molecular complexity index is 402. The zero-order valence-corrected chi connectivity index (χ0v) is 15.9. The summed E-state index contributed by atoms with van der Waals surface area (Å²) in [6.07, 6.45) is 2.33. The number of nitrogens with zero attached hydrogens (tertiary/aromatic N) is 1. The molecule has 0 fully saturated rings. The average Bonchev–Trinajstić information content (AvgIpc) is 2.23. The van der Waals surface area contributed by atoms with Crippen molar-refractivity contribution in [2.45, 2.75) is 39.3 Å². The molecule has 1 rings (SSSR count). The molecule has 0 bridgehead atoms. The van der Waals surface area contributed by atoms with Crippen LogP contribution in [0.4, 0.5) is 0 Å². The van der Waals surface area contributed by atoms with Gasteiger partial charge in [-0.3, -0.25) is 0 Å². The molecule has 0 aliphatic carbocycles. The SMILES string of the molecule is C[Si](C)(C)N(/C=C(\Br)c1ccccc1)[Si](C)(C)C. The quantitative estimate of drug-likeness (QED) is 0.667. The minimum Gasteiger partial charge on any atom is -0.430 e. The number of hydrogen-bond donors (Lipinski definition) is 0. The van der Waals surface area contributed by atoms with Gasteiger partial charge in [0.05, 0.1) is 0 Å². The van der Waals surface area contributed by atoms with Gasteiger partial charge >= 0.3 is 0 Å². The van der Waals surface area contributed by atoms with Gasteiger partial charge in [-0.25, -0.2) is 0 Å². The largest absolute Gasteiger partial charge is 0.430 e. The summed E-state index contributed by atoms with van der Waals surface area (Å²) in [7, 11) is -2.66. The lowest BCUT2D eigenvalue weighted by atomic mass is 10.2. The van der Waals surface area contributed by atoms with Crippen LogP contribution in [-0.2, 0) is 0 Å². The predicted octanol–water partition coefficient (Wildman–Crippen LogP) is 5.35. The van der Waals surface area contributed by atoms with Crippen LogP contribution in [-0.4, -0.2) is 20.7 Å². The van der Waals surface area contributed by atoms with Crippen molar-refractivity contribution in [1.82, 2.24) is 4.23 Å². The van der Waals surface area contributed by atoms with Crippen LogP contribution in [0.3, 0.4) is 0 Å². The molecule has 100 valence electrons. The Morgan fingerprint density at radius 1 is 0.944 bits per heavy atom. The van der Waals surface area contributed by atoms with E-state index in [1.54, 1.807) is 0 Å². The summed E-state index contributed by atoms with van der Waals surface area (Å²) in [4.78, 5) is 0. The van der Waals surface area contributed by atoms with Crippen molar-refractivity contribution in [3.8, 4) is 0 Å². The summed E-state index contributed by atoms with van der Waals surface area (Å²) in [5, 5.41) is 0. The van der Waals surface area contributed by atoms with Crippen molar-refractivity contribution < 1.29 is 0 Å². The molecular weight excluding hydrogens is 318 g/mol. The molecule has 0 aromatic heterocycles. The van der Waals surface area contributed by atoms with E-state index in [4.69, 9.17) is 0 Å². The van der Waals surface area contributed by atoms with Crippen molar-refractivity contribution in [3.63, 3.8) is 0 Å². The molecule has 0 unspecified atom stereocenters. The van der Waals surface area contributed by atoms with Crippen LogP contribution in [0.15, 0.2) is 36.5 Å². The highest BCUT2D eigenvalue weighted by Crippen LogP contribution is 2.27. The molecule has 0 saturated heterocycles. The van der Waals surface area contributed by atoms with Crippen LogP contribution < -0.4 is 0 Å². The van der Waals surface area contributed by atoms with Gasteiger partial charge in [-0.1, -0.05) is 69.6 Å². The number of rotatable bonds is 4. The van der Waals surface area contributed by atoms with Gasteiger partial charge in [0.1, 0.15) is 16.5 Å². The normalized spacial score (nSPS) is 13.6. The summed E-state index contributed by atoms with van der Waals surface area (Å²) in [5.74, 6) is 0. The highest BCUT2D eigenvalue weighted by molar-refractivity contribution is 9.15. The second-order valence-electron chi connectivity index (χ2n) is 6.55. The van der Waals surface area contributed by atoms with Gasteiger partial charge in [0.15, 0.2) is 0 Å². The predicted molar refractivity (Wildman–Crippen MR) is 91.9 cm³/mol. The minimum atomic E-state index is -1.33. The molecule has 0 heterocycles. The lowest BCUT2D eigenvalue weighted by Crippen LogP contribution is -2.55. The Hall–Kier alpha value is -0.326. The maximum atomic E-state index is 3.74. The van der Waals surface area contributed by atoms with Gasteiger partial charge in [-0.15, -0.1) is 0 Å². The molecule has 0 N–H and O–H groups in total. The number of benzene rings is 1. The molecule has 0 radical (unpaired) electrons. The van der Waals surface area contributed by atoms with E-state index in [0.29, 0.717) is 0 Å². The van der Waals surface area contributed by atoms with Gasteiger partial charge in [-0.05, 0) is 27.7 Å². The van der Waals surface area contributed by atoms with Crippen molar-refractivity contribution in [2.24, 2.45) is 0 Å². The van der Waals surface area contributed by atoms with Crippen LogP contribution in [0.25, 0.3) is 4.48 Å². The van der Waals surface area contributed by atoms with Crippen LogP contribution in [0.5, 0.6) is 0 Å². The molecular formula is C14H24BrNSi2. The molecule has 18 heavy (non-hydrogen) atoms. The maximum absolute atomic E-state index is 3.74. The van der Waals surface area contributed by atoms with Crippen LogP contribution in [0, 0.1) is 0 Å². The molecule has 0 aliphatic rings. The van der Waals surface area contributed by atoms with Crippen molar-refractivity contribution in [1.29, 1.82) is 0 Å². The van der Waals surface area contributed by atoms with Gasteiger partial charge in [0.25, 0.3) is 0 Å². The Labute approximate surface area is 122 Å². The molecule has 1 nitrogen and oxygen atoms in total. The van der Waals surface area contributed by atoms with Crippen LogP contribution >= 0.6 is 15.9 Å². The molecule has 0 amide bonds. The summed E-state index contributed by atoms with van der Waals surface area (Å²) in [6.45, 7) is 14.5. The zero-order chi connectivity index (χ0) is 14.0. The van der Waals surface area contributed by atoms with Gasteiger partial charge in [0, 0.05) is 4.48 Å². The van der Waals surface area contributed by atoms with Crippen LogP contribution in [0.2, 0.25) is 39.3 Å². The standard InChI is InChI=1S/C14H24BrNSi2/c1-17(2,3)16(18(4,5)6)12-14(15)13-10-8-7-9-11-13/h7-12H,1-6H3/b14-12-. The molecule has 0 aliphatic heterocycles. The van der Waals surface area contributed by atoms with Crippen molar-refractivity contribution in [2.75, 3.05) is 0 Å². The van der Waals surface area contributed by atoms with E-state index in [2.05, 4.69) is 96.0 Å². The second kappa shape index (κ2) is 5.76. The second-order valence-corrected chi connectivity index (χ2v) is 17.5. The molecule has 1 aromatic rings. The number of halogens is 1. The molecule has 0 spiro atoms. The zero-order valence-electron chi connectivity index (χ0n) is 12.3. The number of hydrogen-bond acceptors (Lipinski definition) is 1. The van der Waals surface area contributed by atoms with E-state index in [1.165, 1.54) is 10.0 Å². The summed E-state index contributed by atoms with van der Waals surface area (Å²) >= 11 is 3.74. The monoisotopic (exact) mass is 341 g/mol. The summed E-state index contributed by atoms with van der Waals surface area (Å²) in [6, 6.07) is 10.5. The topological polar surface area (TPSA) is 3.24 Å². The van der Waals surface area contributed by atoms with Gasteiger partial charge in [-0.2, -0.15) is 0 Å². The third-order valence-corrected chi connectivity index (χ3v) is 10.6. The van der Waals surface area contributed by atoms with E-state index >= 15 is 0 Å². The average molecular weight is 342 g/mol. The lowest BCUT2D eigenvalue weighted by molar-refractivity contribution is 0.836. The van der Waals surface area contributed by atoms with E-state index in [-0.39, 0.29) is 0 Å². The van der Waals surface area contributed by atoms with Crippen molar-refractivity contribution in [3.05, 3.63) is 42.1 Å². The Morgan fingerprint density at radius 2 is 1.39 bits per heavy atom. The van der Waals surface area contributed by atoms with E-state index in [9.17, 15) is 0 Å². The molecule has 0 atom stereocenters. The first-order valence-corrected chi connectivity index (χ1v) is 14.0. The summed E-state index contributed by atoms with van der Waals surface area (Å²) in [5.41, 5.74) is 1.25. The van der Waals surface area contributed by atoms with E-state index < -0.39 is 16.5 Å². The highest BCUT2D eigenvalue weighted by Gasteiger charge is 2.32. The fourth-order valence-electron chi connectivity index (χ4n) is 2.18. The minimum absolute atomic E-state index is 1.19. The maximum Gasteiger partial charge on any atom is 0.138 e. The molecule has 0 saturated carbocycles. The van der Waals surface area contributed by atoms with E-state index in [0.717, 1.165) is 0 Å². The van der Waals surface area contributed by atoms with Crippen molar-refractivity contribution >= 4 is 36.9 Å². The first-order valence-electron chi connectivity index (χ1n) is 6.34. The first kappa shape index (κ1) is 15.7. The highest BCUT2D eigenvalue weighted by atomic mass is 79.9. The smallest absolute Gasteiger partial charge is 0.138 e. The Morgan fingerprint density at radius 3 is 1.78 bits per heavy atom. The first-order chi connectivity index (χ1) is 8.12. The summed E-state index contributed by atoms with van der Waals surface area (Å²) < 4.78 is 3.85. The van der Waals surface area contributed by atoms with Crippen LogP contribution in [0.1, 0.15) is 5.56 Å². The fraction of sp³-hybridized carbons (Fsp3) is 0.429. The third-order valence-electron chi connectivity index (χ3n) is 2.74. The molecule has 4 heteroatoms. The Kier molecular flexibility index (Phi) is 5.03. The van der Waals surface area contributed by atoms with Gasteiger partial charge in [0.2, 0.25) is 0 Å². The Balaban J connectivity index is 3.11. The molecule has 1 aromatic carbocycles. The lowest BCUT2D eigenvalue weighted by Gasteiger charge is -2.43. The third kappa shape index (κ3) is 4.41. The van der Waals surface area contributed by atoms with Gasteiger partial charge < -0.3 is 4.23 Å².